The summed E-state index contributed by atoms with van der Waals surface area (Å²) in [6, 6.07) is 0. The van der Waals surface area contributed by atoms with Gasteiger partial charge in [-0.1, -0.05) is 0 Å². The normalized spacial score (nSPS) is 9.08. The zero-order valence-corrected chi connectivity index (χ0v) is 11.1. The van der Waals surface area contributed by atoms with Gasteiger partial charge in [-0.05, 0) is 0 Å². The Hall–Kier alpha value is 2.05. The molecule has 8 nitrogen and oxygen atoms in total. The monoisotopic (exact) mass is 407 g/mol. The Morgan fingerprint density at radius 1 is 0.538 bits per heavy atom. The third-order valence-corrected chi connectivity index (χ3v) is 0. The third kappa shape index (κ3) is 486. The minimum atomic E-state index is -5.88. The summed E-state index contributed by atoms with van der Waals surface area (Å²) in [6.45, 7) is 0. The summed E-state index contributed by atoms with van der Waals surface area (Å²) in [5.74, 6) is 0. The molecule has 0 aromatic rings. The number of rotatable bonds is 0. The average Bonchev–Trinajstić information content (AvgIpc) is 1.12. The van der Waals surface area contributed by atoms with Gasteiger partial charge in [-0.25, -0.2) is 0 Å². The van der Waals surface area contributed by atoms with Gasteiger partial charge in [-0.15, -0.1) is 0 Å². The third-order valence-electron chi connectivity index (χ3n) is 0. The predicted octanol–water partition coefficient (Wildman–Crippen LogP) is -7.38. The van der Waals surface area contributed by atoms with Crippen molar-refractivity contribution in [1.82, 2.24) is 0 Å². The van der Waals surface area contributed by atoms with E-state index >= 15 is 0 Å². The van der Waals surface area contributed by atoms with E-state index < -0.39 is 30.0 Å². The van der Waals surface area contributed by atoms with Gasteiger partial charge in [0.1, 0.15) is 0 Å². The zero-order valence-electron chi connectivity index (χ0n) is 5.16. The molecule has 0 amide bonds. The summed E-state index contributed by atoms with van der Waals surface area (Å²) in [6.07, 6.45) is 0. The van der Waals surface area contributed by atoms with Crippen LogP contribution in [0.4, 0.5) is 0 Å². The van der Waals surface area contributed by atoms with Crippen molar-refractivity contribution in [2.45, 2.75) is 0 Å². The number of hydrogen-bond donors (Lipinski definition) is 0. The Labute approximate surface area is 111 Å². The van der Waals surface area contributed by atoms with E-state index in [4.69, 9.17) is 31.5 Å². The predicted molar refractivity (Wildman–Crippen MR) is 1.37 cm³/mol. The van der Waals surface area contributed by atoms with Crippen LogP contribution in [0.25, 0.3) is 0 Å². The molecule has 0 aromatic heterocycles. The second-order valence-corrected chi connectivity index (χ2v) is 3.69. The first kappa shape index (κ1) is 29.4. The van der Waals surface area contributed by atoms with Crippen LogP contribution in [0.15, 0.2) is 0 Å². The van der Waals surface area contributed by atoms with Crippen molar-refractivity contribution in [2.75, 3.05) is 0 Å². The first-order chi connectivity index (χ1) is 4.00. The van der Waals surface area contributed by atoms with Gasteiger partial charge >= 0.3 is 112 Å². The van der Waals surface area contributed by atoms with E-state index in [0.717, 1.165) is 0 Å². The van der Waals surface area contributed by atoms with E-state index in [1.807, 2.05) is 0 Å². The Balaban J connectivity index is -0.0000000267. The van der Waals surface area contributed by atoms with Crippen LogP contribution in [0, 0.1) is 0 Å². The molecule has 0 aliphatic rings. The van der Waals surface area contributed by atoms with Crippen LogP contribution in [0.2, 0.25) is 0 Å². The maximum absolute atomic E-state index is 8.61. The SMILES string of the molecule is [Co+2].[Co+2].[Co+2].[O]=[V]([O-])([O-])[O-].[O]=[V]([O-])([O-])[O-]. The van der Waals surface area contributed by atoms with Crippen LogP contribution in [-0.4, -0.2) is 0 Å². The van der Waals surface area contributed by atoms with Crippen molar-refractivity contribution < 1.29 is 112 Å². The fraction of sp³-hybridized carbons (Fsp3) is 0. The summed E-state index contributed by atoms with van der Waals surface area (Å²) in [7, 11) is 0. The molecule has 0 heterocycles. The van der Waals surface area contributed by atoms with Crippen molar-refractivity contribution in [3.63, 3.8) is 0 Å². The summed E-state index contributed by atoms with van der Waals surface area (Å²) in [4.78, 5) is 0. The van der Waals surface area contributed by atoms with Crippen molar-refractivity contribution in [3.05, 3.63) is 0 Å². The Morgan fingerprint density at radius 2 is 0.538 bits per heavy atom. The zero-order chi connectivity index (χ0) is 9.00. The van der Waals surface area contributed by atoms with Gasteiger partial charge in [0.25, 0.3) is 0 Å². The second-order valence-electron chi connectivity index (χ2n) is 0.894. The average molecular weight is 407 g/mol. The molecule has 0 unspecified atom stereocenters. The molecule has 0 rings (SSSR count). The fourth-order valence-corrected chi connectivity index (χ4v) is 0. The van der Waals surface area contributed by atoms with Crippen LogP contribution < -0.4 is 24.2 Å². The molecule has 0 aliphatic heterocycles. The van der Waals surface area contributed by atoms with Gasteiger partial charge in [-0.2, -0.15) is 0 Å². The topological polar surface area (TPSA) is 172 Å². The maximum atomic E-state index is 8.61. The summed E-state index contributed by atoms with van der Waals surface area (Å²) in [5, 5.41) is 0. The van der Waals surface area contributed by atoms with Gasteiger partial charge in [0.05, 0.1) is 0 Å². The molecule has 0 spiro atoms. The van der Waals surface area contributed by atoms with E-state index in [2.05, 4.69) is 0 Å². The molecule has 13 heavy (non-hydrogen) atoms. The van der Waals surface area contributed by atoms with Crippen LogP contribution >= 0.6 is 0 Å². The second kappa shape index (κ2) is 12.1. The molecule has 85 valence electrons. The Morgan fingerprint density at radius 3 is 0.538 bits per heavy atom. The van der Waals surface area contributed by atoms with Crippen molar-refractivity contribution in [3.8, 4) is 0 Å². The molecular weight excluding hydrogens is 407 g/mol. The molecular formula is Co3O8V2. The first-order valence-electron chi connectivity index (χ1n) is 1.46. The van der Waals surface area contributed by atoms with Gasteiger partial charge in [0.15, 0.2) is 0 Å². The molecule has 0 N–H and O–H groups in total. The van der Waals surface area contributed by atoms with Gasteiger partial charge in [0, 0.05) is 0 Å². The molecule has 0 bridgehead atoms. The fourth-order valence-electron chi connectivity index (χ4n) is 0. The molecule has 0 saturated carbocycles. The van der Waals surface area contributed by atoms with Crippen molar-refractivity contribution >= 4 is 0 Å². The van der Waals surface area contributed by atoms with Gasteiger partial charge in [0.2, 0.25) is 0 Å². The van der Waals surface area contributed by atoms with E-state index in [9.17, 15) is 0 Å². The van der Waals surface area contributed by atoms with E-state index in [-0.39, 0.29) is 50.3 Å². The summed E-state index contributed by atoms with van der Waals surface area (Å²) in [5.41, 5.74) is 0. The molecule has 0 saturated heterocycles. The Bertz CT molecular complexity index is 130. The molecule has 3 radical (unpaired) electrons. The molecule has 13 heteroatoms. The van der Waals surface area contributed by atoms with E-state index in [0.29, 0.717) is 0 Å². The molecule has 0 fully saturated rings. The van der Waals surface area contributed by atoms with Crippen LogP contribution in [0.5, 0.6) is 0 Å². The van der Waals surface area contributed by atoms with Crippen molar-refractivity contribution in [1.29, 1.82) is 0 Å². The standard InChI is InChI=1S/3Co.8O.2V/q3*+2;;;6*-1;;. The quantitative estimate of drug-likeness (QED) is 0.381. The summed E-state index contributed by atoms with van der Waals surface area (Å²) >= 11 is -11.8. The van der Waals surface area contributed by atoms with Crippen LogP contribution in [-0.2, 0) is 87.7 Å². The molecule has 0 atom stereocenters. The van der Waals surface area contributed by atoms with Crippen molar-refractivity contribution in [2.24, 2.45) is 0 Å². The van der Waals surface area contributed by atoms with Gasteiger partial charge in [-0.3, -0.25) is 0 Å². The minimum absolute atomic E-state index is 0. The van der Waals surface area contributed by atoms with Gasteiger partial charge < -0.3 is 0 Å². The van der Waals surface area contributed by atoms with Crippen LogP contribution in [0.3, 0.4) is 0 Å². The van der Waals surface area contributed by atoms with E-state index in [1.165, 1.54) is 0 Å². The molecule has 0 aromatic carbocycles. The molecule has 0 aliphatic carbocycles. The number of hydrogen-bond acceptors (Lipinski definition) is 8. The summed E-state index contributed by atoms with van der Waals surface area (Å²) < 4.78 is 68.9. The first-order valence-corrected chi connectivity index (χ1v) is 6.02. The van der Waals surface area contributed by atoms with Crippen LogP contribution in [0.1, 0.15) is 0 Å². The Kier molecular flexibility index (Phi) is 27.4. The van der Waals surface area contributed by atoms with E-state index in [1.54, 1.807) is 0 Å².